The predicted octanol–water partition coefficient (Wildman–Crippen LogP) is 2.15. The Morgan fingerprint density at radius 1 is 1.46 bits per heavy atom. The minimum Gasteiger partial charge on any atom is -0.497 e. The Kier molecular flexibility index (Phi) is 5.05. The molecule has 2 aromatic rings. The van der Waals surface area contributed by atoms with Crippen LogP contribution in [0.1, 0.15) is 29.0 Å². The Hall–Kier alpha value is -2.47. The lowest BCUT2D eigenvalue weighted by molar-refractivity contribution is 0.0932. The van der Waals surface area contributed by atoms with Crippen molar-refractivity contribution in [2.24, 2.45) is 5.73 Å². The summed E-state index contributed by atoms with van der Waals surface area (Å²) in [5, 5.41) is 3.09. The fraction of sp³-hybridized carbons (Fsp3) is 0.389. The summed E-state index contributed by atoms with van der Waals surface area (Å²) in [6, 6.07) is 9.80. The third kappa shape index (κ3) is 3.71. The molecule has 1 aliphatic heterocycles. The van der Waals surface area contributed by atoms with Gasteiger partial charge >= 0.3 is 0 Å². The molecule has 0 radical (unpaired) electrons. The Balaban J connectivity index is 1.63. The molecule has 3 rings (SSSR count). The highest BCUT2D eigenvalue weighted by Crippen LogP contribution is 2.24. The first kappa shape index (κ1) is 16.4. The number of hydrogen-bond donors (Lipinski definition) is 2. The van der Waals surface area contributed by atoms with Crippen LogP contribution in [-0.4, -0.2) is 32.1 Å². The molecule has 0 spiro atoms. The molecule has 1 aliphatic rings. The number of nitrogens with zero attached hydrogens (tertiary/aromatic N) is 1. The van der Waals surface area contributed by atoms with Gasteiger partial charge in [-0.15, -0.1) is 0 Å². The Labute approximate surface area is 141 Å². The number of nitrogens with two attached hydrogens (primary N) is 1. The van der Waals surface area contributed by atoms with Crippen LogP contribution in [-0.2, 0) is 6.54 Å². The van der Waals surface area contributed by atoms with Gasteiger partial charge in [0.25, 0.3) is 5.91 Å². The number of carbonyl (C=O) groups is 1. The zero-order chi connectivity index (χ0) is 16.9. The van der Waals surface area contributed by atoms with Crippen molar-refractivity contribution in [2.45, 2.75) is 25.4 Å². The van der Waals surface area contributed by atoms with Crippen LogP contribution in [0.3, 0.4) is 0 Å². The molecule has 0 saturated carbocycles. The summed E-state index contributed by atoms with van der Waals surface area (Å²) in [5.41, 5.74) is 7.15. The number of hydrogen-bond acceptors (Lipinski definition) is 5. The monoisotopic (exact) mass is 329 g/mol. The topological polar surface area (TPSA) is 80.7 Å². The molecule has 128 valence electrons. The van der Waals surface area contributed by atoms with Crippen molar-refractivity contribution in [1.29, 1.82) is 0 Å². The second-order valence-electron chi connectivity index (χ2n) is 5.97. The lowest BCUT2D eigenvalue weighted by atomic mass is 10.0. The van der Waals surface area contributed by atoms with Gasteiger partial charge in [-0.25, -0.2) is 0 Å². The number of rotatable bonds is 5. The molecule has 1 aromatic carbocycles. The van der Waals surface area contributed by atoms with Crippen LogP contribution < -0.4 is 20.7 Å². The van der Waals surface area contributed by atoms with Crippen molar-refractivity contribution in [3.05, 3.63) is 47.9 Å². The van der Waals surface area contributed by atoms with Crippen LogP contribution in [0.2, 0.25) is 0 Å². The zero-order valence-electron chi connectivity index (χ0n) is 13.8. The minimum atomic E-state index is -0.115. The van der Waals surface area contributed by atoms with Crippen molar-refractivity contribution in [1.82, 2.24) is 5.32 Å². The van der Waals surface area contributed by atoms with Crippen molar-refractivity contribution < 1.29 is 13.9 Å². The van der Waals surface area contributed by atoms with E-state index < -0.39 is 0 Å². The van der Waals surface area contributed by atoms with Crippen molar-refractivity contribution in [2.75, 3.05) is 25.1 Å². The van der Waals surface area contributed by atoms with E-state index in [0.717, 1.165) is 37.4 Å². The van der Waals surface area contributed by atoms with Gasteiger partial charge in [-0.3, -0.25) is 4.79 Å². The summed E-state index contributed by atoms with van der Waals surface area (Å²) in [7, 11) is 1.67. The van der Waals surface area contributed by atoms with E-state index in [2.05, 4.69) is 16.3 Å². The van der Waals surface area contributed by atoms with Crippen molar-refractivity contribution in [3.63, 3.8) is 0 Å². The van der Waals surface area contributed by atoms with Gasteiger partial charge < -0.3 is 25.1 Å². The normalized spacial score (nSPS) is 17.6. The number of furan rings is 1. The maximum atomic E-state index is 12.3. The summed E-state index contributed by atoms with van der Waals surface area (Å²) in [5.74, 6) is 1.34. The lowest BCUT2D eigenvalue weighted by Gasteiger charge is -2.34. The zero-order valence-corrected chi connectivity index (χ0v) is 13.8. The highest BCUT2D eigenvalue weighted by Gasteiger charge is 2.23. The number of piperidine rings is 1. The van der Waals surface area contributed by atoms with Crippen LogP contribution >= 0.6 is 0 Å². The van der Waals surface area contributed by atoms with Crippen LogP contribution in [0.5, 0.6) is 5.75 Å². The molecule has 2 heterocycles. The van der Waals surface area contributed by atoms with Gasteiger partial charge in [0.05, 0.1) is 19.2 Å². The molecular weight excluding hydrogens is 306 g/mol. The van der Waals surface area contributed by atoms with Crippen molar-refractivity contribution in [3.8, 4) is 5.75 Å². The number of carbonyl (C=O) groups excluding carboxylic acids is 1. The number of amides is 1. The molecule has 3 N–H and O–H groups in total. The predicted molar refractivity (Wildman–Crippen MR) is 92.3 cm³/mol. The number of anilines is 1. The molecule has 1 fully saturated rings. The fourth-order valence-corrected chi connectivity index (χ4v) is 3.01. The van der Waals surface area contributed by atoms with E-state index in [1.165, 1.54) is 6.26 Å². The second-order valence-corrected chi connectivity index (χ2v) is 5.97. The van der Waals surface area contributed by atoms with E-state index in [9.17, 15) is 4.79 Å². The lowest BCUT2D eigenvalue weighted by Crippen LogP contribution is -2.47. The molecule has 1 atom stereocenters. The molecule has 6 heteroatoms. The maximum absolute atomic E-state index is 12.3. The molecule has 0 bridgehead atoms. The quantitative estimate of drug-likeness (QED) is 0.878. The van der Waals surface area contributed by atoms with E-state index in [1.807, 2.05) is 18.2 Å². The minimum absolute atomic E-state index is 0.105. The second kappa shape index (κ2) is 7.40. The number of benzene rings is 1. The molecule has 0 aliphatic carbocycles. The van der Waals surface area contributed by atoms with E-state index >= 15 is 0 Å². The van der Waals surface area contributed by atoms with Gasteiger partial charge in [0, 0.05) is 30.9 Å². The van der Waals surface area contributed by atoms with Gasteiger partial charge in [0.15, 0.2) is 0 Å². The van der Waals surface area contributed by atoms with Gasteiger partial charge in [-0.05, 0) is 31.0 Å². The smallest absolute Gasteiger partial charge is 0.254 e. The number of nitrogens with one attached hydrogen (secondary N) is 1. The average molecular weight is 329 g/mol. The van der Waals surface area contributed by atoms with E-state index in [1.54, 1.807) is 13.2 Å². The molecule has 1 saturated heterocycles. The van der Waals surface area contributed by atoms with E-state index in [4.69, 9.17) is 14.9 Å². The highest BCUT2D eigenvalue weighted by molar-refractivity contribution is 5.94. The van der Waals surface area contributed by atoms with Crippen molar-refractivity contribution >= 4 is 11.6 Å². The first-order valence-electron chi connectivity index (χ1n) is 8.17. The van der Waals surface area contributed by atoms with Gasteiger partial charge in [-0.1, -0.05) is 6.07 Å². The van der Waals surface area contributed by atoms with Gasteiger partial charge in [-0.2, -0.15) is 0 Å². The van der Waals surface area contributed by atoms with E-state index in [0.29, 0.717) is 17.9 Å². The summed E-state index contributed by atoms with van der Waals surface area (Å²) < 4.78 is 10.5. The Bertz CT molecular complexity index is 698. The average Bonchev–Trinajstić information content (AvgIpc) is 3.11. The van der Waals surface area contributed by atoms with Gasteiger partial charge in [0.1, 0.15) is 17.8 Å². The fourth-order valence-electron chi connectivity index (χ4n) is 3.01. The van der Waals surface area contributed by atoms with Gasteiger partial charge in [0.2, 0.25) is 0 Å². The molecule has 1 amide bonds. The summed E-state index contributed by atoms with van der Waals surface area (Å²) >= 11 is 0. The van der Waals surface area contributed by atoms with Crippen LogP contribution in [0.25, 0.3) is 0 Å². The molecule has 1 unspecified atom stereocenters. The van der Waals surface area contributed by atoms with Crippen LogP contribution in [0.15, 0.2) is 41.0 Å². The number of ether oxygens (including phenoxy) is 1. The largest absolute Gasteiger partial charge is 0.497 e. The number of methoxy groups -OCH3 is 1. The molecule has 1 aromatic heterocycles. The summed E-state index contributed by atoms with van der Waals surface area (Å²) in [4.78, 5) is 14.6. The first-order chi connectivity index (χ1) is 11.7. The molecule has 6 nitrogen and oxygen atoms in total. The van der Waals surface area contributed by atoms with Crippen LogP contribution in [0.4, 0.5) is 5.69 Å². The maximum Gasteiger partial charge on any atom is 0.254 e. The third-order valence-corrected chi connectivity index (χ3v) is 4.29. The Morgan fingerprint density at radius 2 is 2.33 bits per heavy atom. The first-order valence-corrected chi connectivity index (χ1v) is 8.17. The third-order valence-electron chi connectivity index (χ3n) is 4.29. The molecular formula is C18H23N3O3. The molecule has 24 heavy (non-hydrogen) atoms. The highest BCUT2D eigenvalue weighted by atomic mass is 16.5. The summed E-state index contributed by atoms with van der Waals surface area (Å²) in [6.07, 6.45) is 3.45. The van der Waals surface area contributed by atoms with E-state index in [-0.39, 0.29) is 11.9 Å². The van der Waals surface area contributed by atoms with Crippen LogP contribution in [0, 0.1) is 0 Å². The summed E-state index contributed by atoms with van der Waals surface area (Å²) in [6.45, 7) is 2.05. The Morgan fingerprint density at radius 3 is 3.08 bits per heavy atom. The standard InChI is InChI=1S/C18H23N3O3/c1-23-16-6-2-5-15(9-16)21-7-3-4-14(11-21)20-18(22)13-8-17(10-19)24-12-13/h2,5-6,8-9,12,14H,3-4,7,10-11,19H2,1H3,(H,20,22). The SMILES string of the molecule is COc1cccc(N2CCCC(NC(=O)c3coc(CN)c3)C2)c1.